The van der Waals surface area contributed by atoms with Gasteiger partial charge in [0, 0.05) is 33.5 Å². The largest absolute Gasteiger partial charge is 0.744 e. The van der Waals surface area contributed by atoms with Gasteiger partial charge in [0.05, 0.1) is 46.8 Å². The predicted molar refractivity (Wildman–Crippen MR) is 324 cm³/mol. The molecule has 1 heterocycles. The Hall–Kier alpha value is -9.42. The molecule has 9 rings (SSSR count). The minimum absolute atomic E-state index is 0.00804. The number of hydrogen-bond donors (Lipinski definition) is 2. The van der Waals surface area contributed by atoms with E-state index in [2.05, 4.69) is 25.8 Å². The summed E-state index contributed by atoms with van der Waals surface area (Å²) in [6.45, 7) is 4.88. The summed E-state index contributed by atoms with van der Waals surface area (Å²) >= 11 is 0. The summed E-state index contributed by atoms with van der Waals surface area (Å²) in [6.07, 6.45) is 1.77. The van der Waals surface area contributed by atoms with E-state index in [1.807, 2.05) is 19.1 Å². The summed E-state index contributed by atoms with van der Waals surface area (Å²) in [5.74, 6) is -1.41. The van der Waals surface area contributed by atoms with Gasteiger partial charge in [0.25, 0.3) is 11.8 Å². The number of rotatable bonds is 22. The van der Waals surface area contributed by atoms with Gasteiger partial charge in [-0.3, -0.25) is 14.4 Å². The number of likely N-dealkylation sites (tertiary alicyclic amines) is 1. The molecule has 2 atom stereocenters. The number of ketones is 1. The molecule has 23 heteroatoms. The number of fused-ring (bicyclic) bond motifs is 2. The van der Waals surface area contributed by atoms with Crippen LogP contribution >= 0.6 is 0 Å². The van der Waals surface area contributed by atoms with Gasteiger partial charge < -0.3 is 44.0 Å². The third-order valence-corrected chi connectivity index (χ3v) is 16.9. The Kier molecular flexibility index (Phi) is 18.9. The van der Waals surface area contributed by atoms with Crippen molar-refractivity contribution in [3.8, 4) is 28.4 Å². The van der Waals surface area contributed by atoms with E-state index >= 15 is 0 Å². The molecule has 2 unspecified atom stereocenters. The minimum atomic E-state index is -5.08. The van der Waals surface area contributed by atoms with Crippen molar-refractivity contribution < 1.29 is 64.1 Å². The molecule has 8 aromatic rings. The Morgan fingerprint density at radius 3 is 1.85 bits per heavy atom. The fraction of sp³-hybridized carbons (Fsp3) is 0.250. The van der Waals surface area contributed by atoms with Crippen molar-refractivity contribution in [1.82, 2.24) is 4.90 Å². The molecule has 21 nitrogen and oxygen atoms in total. The Balaban J connectivity index is 0.926. The van der Waals surface area contributed by atoms with Crippen molar-refractivity contribution >= 4 is 99.5 Å². The number of Topliss-reactive ketones (excluding diaryl/α,β-unsaturated/α-hetero) is 1. The van der Waals surface area contributed by atoms with E-state index in [4.69, 9.17) is 24.7 Å². The molecule has 3 N–H and O–H groups in total. The van der Waals surface area contributed by atoms with E-state index < -0.39 is 77.8 Å². The van der Waals surface area contributed by atoms with Crippen LogP contribution in [-0.4, -0.2) is 87.8 Å². The number of methoxy groups -OCH3 is 2. The van der Waals surface area contributed by atoms with Crippen molar-refractivity contribution in [2.24, 2.45) is 25.9 Å². The molecule has 2 amide bonds. The quantitative estimate of drug-likeness (QED) is 0.0209. The molecule has 0 saturated carbocycles. The van der Waals surface area contributed by atoms with Crippen LogP contribution in [0.2, 0.25) is 0 Å². The summed E-state index contributed by atoms with van der Waals surface area (Å²) in [6, 6.07) is 39.4. The summed E-state index contributed by atoms with van der Waals surface area (Å²) < 4.78 is 97.7. The summed E-state index contributed by atoms with van der Waals surface area (Å²) in [7, 11) is -6.89. The van der Waals surface area contributed by atoms with Crippen LogP contribution in [0.25, 0.3) is 32.7 Å². The molecule has 8 aromatic carbocycles. The van der Waals surface area contributed by atoms with Gasteiger partial charge in [-0.05, 0) is 121 Å². The number of amides is 2. The molecule has 0 spiro atoms. The van der Waals surface area contributed by atoms with Gasteiger partial charge in [-0.1, -0.05) is 112 Å². The number of hydrogen-bond acceptors (Lipinski definition) is 19. The first-order valence-corrected chi connectivity index (χ1v) is 30.5. The second-order valence-corrected chi connectivity index (χ2v) is 23.9. The molecular weight excluding hydrogens is 1150 g/mol. The van der Waals surface area contributed by atoms with Gasteiger partial charge in [0.15, 0.2) is 18.1 Å². The van der Waals surface area contributed by atoms with E-state index in [9.17, 15) is 45.1 Å². The molecule has 0 aliphatic carbocycles. The lowest BCUT2D eigenvalue weighted by molar-refractivity contribution is -0.164. The highest BCUT2D eigenvalue weighted by molar-refractivity contribution is 7.86. The van der Waals surface area contributed by atoms with Crippen LogP contribution in [0.5, 0.6) is 17.2 Å². The Morgan fingerprint density at radius 2 is 1.25 bits per heavy atom. The number of carbonyl (C=O) groups excluding carboxylic acids is 4. The highest BCUT2D eigenvalue weighted by Gasteiger charge is 2.41. The van der Waals surface area contributed by atoms with Crippen LogP contribution in [0.3, 0.4) is 0 Å². The van der Waals surface area contributed by atoms with E-state index in [1.165, 1.54) is 37.3 Å². The molecule has 87 heavy (non-hydrogen) atoms. The normalized spacial score (nSPS) is 14.3. The SMILES string of the molecule is CCC(C)(C)C(=O)C(=O)N1CCCCC1C(=O)OC(CCc1ccc(OC)c(OC)c1)c1cccc(OCC(=O)Nc2c(N=Nc3ccc(-c4ccc(N=Nc5cc(S(=O)(=O)[O-])c6ccccc6c5N)cc4)cc3)cc(S(=O)(=O)[O-])c3ccccc23)c1. The highest BCUT2D eigenvalue weighted by atomic mass is 32.2. The van der Waals surface area contributed by atoms with E-state index in [0.29, 0.717) is 65.9 Å². The number of ether oxygens (including phenoxy) is 4. The summed E-state index contributed by atoms with van der Waals surface area (Å²) in [5, 5.41) is 20.6. The number of nitrogen functional groups attached to an aromatic ring is 1. The number of piperidine rings is 1. The highest BCUT2D eigenvalue weighted by Crippen LogP contribution is 2.41. The predicted octanol–water partition coefficient (Wildman–Crippen LogP) is 12.5. The van der Waals surface area contributed by atoms with Crippen LogP contribution in [0.1, 0.15) is 70.1 Å². The van der Waals surface area contributed by atoms with Gasteiger partial charge in [-0.25, -0.2) is 21.6 Å². The Bertz CT molecular complexity index is 4230. The van der Waals surface area contributed by atoms with Crippen molar-refractivity contribution in [2.75, 3.05) is 38.4 Å². The van der Waals surface area contributed by atoms with Crippen LogP contribution in [-0.2, 0) is 50.6 Å². The van der Waals surface area contributed by atoms with E-state index in [1.54, 1.807) is 123 Å². The smallest absolute Gasteiger partial charge is 0.329 e. The molecule has 0 bridgehead atoms. The van der Waals surface area contributed by atoms with Gasteiger partial charge in [0.1, 0.15) is 49.5 Å². The Labute approximate surface area is 502 Å². The number of azo groups is 2. The fourth-order valence-corrected chi connectivity index (χ4v) is 11.4. The maximum Gasteiger partial charge on any atom is 0.329 e. The first kappa shape index (κ1) is 62.1. The number of carbonyl (C=O) groups is 4. The number of esters is 1. The number of nitrogens with zero attached hydrogens (tertiary/aromatic N) is 5. The first-order chi connectivity index (χ1) is 41.6. The van der Waals surface area contributed by atoms with Gasteiger partial charge in [0.2, 0.25) is 5.78 Å². The topological polar surface area (TPSA) is 310 Å². The monoisotopic (exact) mass is 1220 g/mol. The number of aryl methyl sites for hydroxylation is 1. The average Bonchev–Trinajstić information content (AvgIpc) is 1.01. The van der Waals surface area contributed by atoms with Crippen LogP contribution in [0.4, 0.5) is 34.1 Å². The molecule has 1 aliphatic heterocycles. The van der Waals surface area contributed by atoms with Crippen LogP contribution < -0.4 is 25.3 Å². The molecule has 1 aliphatic rings. The molecular formula is C64H61N7O14S2-2. The Morgan fingerprint density at radius 1 is 0.678 bits per heavy atom. The summed E-state index contributed by atoms with van der Waals surface area (Å²) in [5.41, 5.74) is 9.01. The lowest BCUT2D eigenvalue weighted by Crippen LogP contribution is -2.53. The summed E-state index contributed by atoms with van der Waals surface area (Å²) in [4.78, 5) is 55.6. The van der Waals surface area contributed by atoms with Crippen LogP contribution in [0, 0.1) is 5.41 Å². The van der Waals surface area contributed by atoms with Crippen molar-refractivity contribution in [2.45, 2.75) is 81.2 Å². The molecule has 1 fully saturated rings. The third-order valence-electron chi connectivity index (χ3n) is 15.2. The number of anilines is 2. The molecule has 1 saturated heterocycles. The van der Waals surface area contributed by atoms with Gasteiger partial charge in [-0.2, -0.15) is 10.2 Å². The molecule has 0 radical (unpaired) electrons. The zero-order valence-corrected chi connectivity index (χ0v) is 49.7. The molecule has 0 aromatic heterocycles. The van der Waals surface area contributed by atoms with Gasteiger partial charge >= 0.3 is 5.97 Å². The second-order valence-electron chi connectivity index (χ2n) is 21.2. The number of nitrogens with two attached hydrogens (primary N) is 1. The maximum atomic E-state index is 14.3. The third kappa shape index (κ3) is 14.5. The minimum Gasteiger partial charge on any atom is -0.744 e. The zero-order valence-electron chi connectivity index (χ0n) is 48.1. The lowest BCUT2D eigenvalue weighted by atomic mass is 9.84. The first-order valence-electron chi connectivity index (χ1n) is 27.7. The standard InChI is InChI=1S/C64H63N7O14S2/c1-6-64(2,3)61(73)62(74)71-33-12-11-20-52(71)63(75)85-53(31-21-39-22-32-54(82-4)55(34-39)83-5)42-14-13-15-45(35-42)84-38-58(72)66-60-49-19-10-8-17-47(49)57(87(79,80)81)37-51(60)70-68-44-29-25-41(26-30-44)40-23-27-43(28-24-40)67-69-50-36-56(86(76,77)78)46-16-7-9-18-48(46)59(50)65/h7-10,13-19,22-30,32,34-37,52-53H,6,11-12,20-21,31,33,38,65H2,1-5H3,(H,66,72)(H,76,77,78)(H,79,80,81)/p-2. The van der Waals surface area contributed by atoms with Crippen LogP contribution in [0.15, 0.2) is 182 Å². The second kappa shape index (κ2) is 26.5. The lowest BCUT2D eigenvalue weighted by Gasteiger charge is -2.36. The van der Waals surface area contributed by atoms with E-state index in [0.717, 1.165) is 28.8 Å². The van der Waals surface area contributed by atoms with Crippen molar-refractivity contribution in [3.05, 3.63) is 163 Å². The van der Waals surface area contributed by atoms with E-state index in [-0.39, 0.29) is 57.6 Å². The molecule has 450 valence electrons. The van der Waals surface area contributed by atoms with Crippen molar-refractivity contribution in [1.29, 1.82) is 0 Å². The zero-order chi connectivity index (χ0) is 62.2. The number of nitrogens with one attached hydrogen (secondary N) is 1. The average molecular weight is 1220 g/mol. The van der Waals surface area contributed by atoms with Gasteiger partial charge in [-0.15, -0.1) is 10.2 Å². The van der Waals surface area contributed by atoms with Crippen molar-refractivity contribution in [3.63, 3.8) is 0 Å². The number of benzene rings is 8. The maximum absolute atomic E-state index is 14.3. The fourth-order valence-electron chi connectivity index (χ4n) is 10.0.